The van der Waals surface area contributed by atoms with Crippen LogP contribution in [-0.4, -0.2) is 15.7 Å². The molecule has 136 valence electrons. The highest BCUT2D eigenvalue weighted by molar-refractivity contribution is 6.30. The quantitative estimate of drug-likeness (QED) is 0.342. The van der Waals surface area contributed by atoms with Gasteiger partial charge in [-0.15, -0.1) is 6.58 Å². The summed E-state index contributed by atoms with van der Waals surface area (Å²) in [4.78, 5) is 9.36. The van der Waals surface area contributed by atoms with E-state index in [1.54, 1.807) is 0 Å². The third-order valence-corrected chi connectivity index (χ3v) is 4.44. The molecule has 0 bridgehead atoms. The number of halogens is 1. The number of rotatable bonds is 6. The Labute approximate surface area is 164 Å². The monoisotopic (exact) mass is 376 g/mol. The van der Waals surface area contributed by atoms with Crippen LogP contribution in [0.1, 0.15) is 23.7 Å². The maximum Gasteiger partial charge on any atom is 0.161 e. The molecule has 0 spiro atoms. The Hall–Kier alpha value is -2.98. The number of hydrazone groups is 1. The van der Waals surface area contributed by atoms with Crippen molar-refractivity contribution in [1.82, 2.24) is 9.97 Å². The average Bonchev–Trinajstić information content (AvgIpc) is 2.69. The first-order valence-electron chi connectivity index (χ1n) is 8.68. The Morgan fingerprint density at radius 3 is 2.48 bits per heavy atom. The van der Waals surface area contributed by atoms with Crippen molar-refractivity contribution in [2.45, 2.75) is 20.3 Å². The molecule has 0 fully saturated rings. The highest BCUT2D eigenvalue weighted by Gasteiger charge is 2.12. The summed E-state index contributed by atoms with van der Waals surface area (Å²) in [5.41, 5.74) is 7.81. The van der Waals surface area contributed by atoms with Crippen molar-refractivity contribution < 1.29 is 0 Å². The summed E-state index contributed by atoms with van der Waals surface area (Å²) in [6.07, 6.45) is 2.51. The Balaban J connectivity index is 1.96. The largest absolute Gasteiger partial charge is 0.261 e. The van der Waals surface area contributed by atoms with E-state index in [0.29, 0.717) is 23.1 Å². The van der Waals surface area contributed by atoms with Gasteiger partial charge in [-0.25, -0.2) is 9.97 Å². The molecule has 0 saturated heterocycles. The minimum Gasteiger partial charge on any atom is -0.261 e. The lowest BCUT2D eigenvalue weighted by Gasteiger charge is -2.12. The van der Waals surface area contributed by atoms with Crippen molar-refractivity contribution in [3.63, 3.8) is 0 Å². The second-order valence-corrected chi connectivity index (χ2v) is 6.57. The highest BCUT2D eigenvalue weighted by Crippen LogP contribution is 2.23. The number of aromatic nitrogens is 2. The van der Waals surface area contributed by atoms with Crippen LogP contribution in [-0.2, 0) is 6.42 Å². The molecule has 0 unspecified atom stereocenters. The van der Waals surface area contributed by atoms with Gasteiger partial charge in [0.15, 0.2) is 11.6 Å². The van der Waals surface area contributed by atoms with Crippen LogP contribution in [0, 0.1) is 6.92 Å². The lowest BCUT2D eigenvalue weighted by molar-refractivity contribution is 1.03. The van der Waals surface area contributed by atoms with E-state index >= 15 is 0 Å². The van der Waals surface area contributed by atoms with Crippen molar-refractivity contribution in [3.05, 3.63) is 89.1 Å². The number of hydrogen-bond donors (Lipinski definition) is 1. The number of hydrogen-bond acceptors (Lipinski definition) is 4. The van der Waals surface area contributed by atoms with Gasteiger partial charge < -0.3 is 0 Å². The van der Waals surface area contributed by atoms with Crippen LogP contribution in [0.4, 0.5) is 5.82 Å². The van der Waals surface area contributed by atoms with E-state index in [0.717, 1.165) is 28.1 Å². The van der Waals surface area contributed by atoms with Gasteiger partial charge in [-0.1, -0.05) is 60.1 Å². The summed E-state index contributed by atoms with van der Waals surface area (Å²) < 4.78 is 0. The fourth-order valence-electron chi connectivity index (χ4n) is 2.69. The number of anilines is 1. The number of nitrogens with one attached hydrogen (secondary N) is 1. The minimum absolute atomic E-state index is 0.665. The third kappa shape index (κ3) is 4.60. The van der Waals surface area contributed by atoms with E-state index in [1.807, 2.05) is 74.5 Å². The normalized spacial score (nSPS) is 11.3. The van der Waals surface area contributed by atoms with E-state index in [1.165, 1.54) is 0 Å². The van der Waals surface area contributed by atoms with E-state index in [9.17, 15) is 0 Å². The van der Waals surface area contributed by atoms with Gasteiger partial charge in [0, 0.05) is 21.8 Å². The summed E-state index contributed by atoms with van der Waals surface area (Å²) in [6, 6.07) is 17.5. The zero-order valence-corrected chi connectivity index (χ0v) is 16.2. The molecule has 27 heavy (non-hydrogen) atoms. The summed E-state index contributed by atoms with van der Waals surface area (Å²) >= 11 is 5.96. The van der Waals surface area contributed by atoms with Gasteiger partial charge in [0.25, 0.3) is 0 Å². The standard InChI is InChI=1S/C22H21ClN4/c1-4-8-20-16(3)24-21(18-9-6-5-7-10-18)25-22(20)27-26-15(2)17-11-13-19(23)14-12-17/h4-7,9-14H,1,8H2,2-3H3,(H,24,25,27). The van der Waals surface area contributed by atoms with E-state index < -0.39 is 0 Å². The first-order chi connectivity index (χ1) is 13.1. The van der Waals surface area contributed by atoms with Crippen LogP contribution in [0.2, 0.25) is 5.02 Å². The Kier molecular flexibility index (Phi) is 5.99. The van der Waals surface area contributed by atoms with Gasteiger partial charge >= 0.3 is 0 Å². The van der Waals surface area contributed by atoms with Gasteiger partial charge in [0.1, 0.15) is 0 Å². The number of nitrogens with zero attached hydrogens (tertiary/aromatic N) is 3. The number of benzene rings is 2. The molecule has 1 N–H and O–H groups in total. The summed E-state index contributed by atoms with van der Waals surface area (Å²) in [5, 5.41) is 5.21. The summed E-state index contributed by atoms with van der Waals surface area (Å²) in [6.45, 7) is 7.76. The van der Waals surface area contributed by atoms with Crippen LogP contribution in [0.15, 0.2) is 72.4 Å². The number of aryl methyl sites for hydroxylation is 1. The molecular formula is C22H21ClN4. The van der Waals surface area contributed by atoms with Crippen LogP contribution in [0.25, 0.3) is 11.4 Å². The molecule has 0 amide bonds. The fourth-order valence-corrected chi connectivity index (χ4v) is 2.81. The first-order valence-corrected chi connectivity index (χ1v) is 9.06. The van der Waals surface area contributed by atoms with Gasteiger partial charge in [0.05, 0.1) is 5.71 Å². The number of allylic oxidation sites excluding steroid dienone is 1. The van der Waals surface area contributed by atoms with Gasteiger partial charge in [-0.05, 0) is 38.0 Å². The van der Waals surface area contributed by atoms with Crippen LogP contribution in [0.5, 0.6) is 0 Å². The molecule has 0 aliphatic carbocycles. The van der Waals surface area contributed by atoms with E-state index in [2.05, 4.69) is 22.1 Å². The SMILES string of the molecule is C=CCc1c(C)nc(-c2ccccc2)nc1NN=C(C)c1ccc(Cl)cc1. The molecule has 1 heterocycles. The average molecular weight is 377 g/mol. The molecule has 2 aromatic carbocycles. The molecule has 3 aromatic rings. The zero-order chi connectivity index (χ0) is 19.2. The zero-order valence-electron chi connectivity index (χ0n) is 15.4. The Morgan fingerprint density at radius 1 is 1.11 bits per heavy atom. The molecule has 1 aromatic heterocycles. The Bertz CT molecular complexity index is 964. The fraction of sp³-hybridized carbons (Fsp3) is 0.136. The summed E-state index contributed by atoms with van der Waals surface area (Å²) in [7, 11) is 0. The van der Waals surface area contributed by atoms with E-state index in [-0.39, 0.29) is 0 Å². The maximum absolute atomic E-state index is 5.96. The highest BCUT2D eigenvalue weighted by atomic mass is 35.5. The molecule has 0 saturated carbocycles. The molecule has 0 radical (unpaired) electrons. The van der Waals surface area contributed by atoms with Gasteiger partial charge in [-0.2, -0.15) is 5.10 Å². The van der Waals surface area contributed by atoms with Crippen molar-refractivity contribution in [2.75, 3.05) is 5.43 Å². The molecule has 3 rings (SSSR count). The van der Waals surface area contributed by atoms with Crippen LogP contribution < -0.4 is 5.43 Å². The predicted molar refractivity (Wildman–Crippen MR) is 113 cm³/mol. The van der Waals surface area contributed by atoms with Crippen molar-refractivity contribution >= 4 is 23.1 Å². The minimum atomic E-state index is 0.665. The topological polar surface area (TPSA) is 50.2 Å². The lowest BCUT2D eigenvalue weighted by atomic mass is 10.1. The smallest absolute Gasteiger partial charge is 0.161 e. The predicted octanol–water partition coefficient (Wildman–Crippen LogP) is 5.67. The lowest BCUT2D eigenvalue weighted by Crippen LogP contribution is -2.07. The molecule has 0 atom stereocenters. The summed E-state index contributed by atoms with van der Waals surface area (Å²) in [5.74, 6) is 1.36. The second-order valence-electron chi connectivity index (χ2n) is 6.13. The van der Waals surface area contributed by atoms with Crippen LogP contribution in [0.3, 0.4) is 0 Å². The maximum atomic E-state index is 5.96. The van der Waals surface area contributed by atoms with Crippen LogP contribution >= 0.6 is 11.6 Å². The van der Waals surface area contributed by atoms with Crippen molar-refractivity contribution in [1.29, 1.82) is 0 Å². The van der Waals surface area contributed by atoms with Crippen molar-refractivity contribution in [2.24, 2.45) is 5.10 Å². The van der Waals surface area contributed by atoms with Gasteiger partial charge in [-0.3, -0.25) is 5.43 Å². The van der Waals surface area contributed by atoms with Gasteiger partial charge in [0.2, 0.25) is 0 Å². The first kappa shape index (κ1) is 18.8. The second kappa shape index (κ2) is 8.60. The third-order valence-electron chi connectivity index (χ3n) is 4.19. The molecule has 0 aliphatic heterocycles. The molecule has 0 aliphatic rings. The van der Waals surface area contributed by atoms with Crippen molar-refractivity contribution in [3.8, 4) is 11.4 Å². The molecule has 5 heteroatoms. The van der Waals surface area contributed by atoms with E-state index in [4.69, 9.17) is 16.6 Å². The Morgan fingerprint density at radius 2 is 1.81 bits per heavy atom. The molecular weight excluding hydrogens is 356 g/mol. The molecule has 4 nitrogen and oxygen atoms in total.